The zero-order valence-electron chi connectivity index (χ0n) is 10.4. The van der Waals surface area contributed by atoms with Gasteiger partial charge in [-0.25, -0.2) is 0 Å². The monoisotopic (exact) mass is 251 g/mol. The molecule has 5 nitrogen and oxygen atoms in total. The number of carbonyl (C=O) groups excluding carboxylic acids is 1. The standard InChI is InChI=1S/C13H17NO4/c1-3-9(7-11(16)17)14-13(18)12-8(2)5-4-6-10(12)15/h4-6,9,15H,3,7H2,1-2H3,(H,14,18)(H,16,17)/t9-/m0/s1. The molecule has 1 aromatic rings. The Kier molecular flexibility index (Phi) is 4.71. The van der Waals surface area contributed by atoms with E-state index in [1.54, 1.807) is 26.0 Å². The van der Waals surface area contributed by atoms with E-state index in [-0.39, 0.29) is 17.7 Å². The van der Waals surface area contributed by atoms with Gasteiger partial charge in [0.05, 0.1) is 12.0 Å². The molecule has 0 aromatic heterocycles. The van der Waals surface area contributed by atoms with E-state index < -0.39 is 17.9 Å². The van der Waals surface area contributed by atoms with E-state index in [0.29, 0.717) is 12.0 Å². The van der Waals surface area contributed by atoms with E-state index in [1.807, 2.05) is 0 Å². The molecule has 0 aliphatic carbocycles. The summed E-state index contributed by atoms with van der Waals surface area (Å²) in [6, 6.07) is 4.36. The number of phenolic OH excluding ortho intramolecular Hbond substituents is 1. The minimum atomic E-state index is -0.962. The molecule has 1 aromatic carbocycles. The molecule has 5 heteroatoms. The molecule has 98 valence electrons. The highest BCUT2D eigenvalue weighted by atomic mass is 16.4. The van der Waals surface area contributed by atoms with Gasteiger partial charge in [-0.05, 0) is 25.0 Å². The number of phenols is 1. The average molecular weight is 251 g/mol. The summed E-state index contributed by atoms with van der Waals surface area (Å²) in [5.41, 5.74) is 0.846. The van der Waals surface area contributed by atoms with Crippen LogP contribution < -0.4 is 5.32 Å². The first-order valence-electron chi connectivity index (χ1n) is 5.77. The largest absolute Gasteiger partial charge is 0.507 e. The fourth-order valence-electron chi connectivity index (χ4n) is 1.71. The SMILES string of the molecule is CC[C@@H](CC(=O)O)NC(=O)c1c(C)cccc1O. The zero-order valence-corrected chi connectivity index (χ0v) is 10.4. The molecule has 1 amide bonds. The van der Waals surface area contributed by atoms with Crippen LogP contribution in [0.25, 0.3) is 0 Å². The van der Waals surface area contributed by atoms with E-state index in [4.69, 9.17) is 5.11 Å². The Bertz CT molecular complexity index is 436. The number of carboxylic acids is 1. The van der Waals surface area contributed by atoms with Crippen LogP contribution in [0.2, 0.25) is 0 Å². The highest BCUT2D eigenvalue weighted by Crippen LogP contribution is 2.20. The number of aliphatic carboxylic acids is 1. The van der Waals surface area contributed by atoms with Crippen molar-refractivity contribution >= 4 is 11.9 Å². The van der Waals surface area contributed by atoms with Crippen molar-refractivity contribution in [3.63, 3.8) is 0 Å². The number of nitrogens with one attached hydrogen (secondary N) is 1. The molecule has 0 bridgehead atoms. The highest BCUT2D eigenvalue weighted by molar-refractivity contribution is 5.98. The molecule has 0 heterocycles. The van der Waals surface area contributed by atoms with E-state index in [2.05, 4.69) is 5.32 Å². The maximum Gasteiger partial charge on any atom is 0.305 e. The van der Waals surface area contributed by atoms with Crippen molar-refractivity contribution in [3.05, 3.63) is 29.3 Å². The number of aryl methyl sites for hydroxylation is 1. The van der Waals surface area contributed by atoms with E-state index in [0.717, 1.165) is 0 Å². The molecule has 0 aliphatic rings. The fourth-order valence-corrected chi connectivity index (χ4v) is 1.71. The first kappa shape index (κ1) is 14.0. The van der Waals surface area contributed by atoms with Crippen LogP contribution in [0.5, 0.6) is 5.75 Å². The number of amides is 1. The Labute approximate surface area is 105 Å². The number of carbonyl (C=O) groups is 2. The van der Waals surface area contributed by atoms with Crippen LogP contribution in [0, 0.1) is 6.92 Å². The van der Waals surface area contributed by atoms with Gasteiger partial charge in [0.1, 0.15) is 5.75 Å². The lowest BCUT2D eigenvalue weighted by Crippen LogP contribution is -2.36. The van der Waals surface area contributed by atoms with Crippen LogP contribution in [-0.2, 0) is 4.79 Å². The van der Waals surface area contributed by atoms with Gasteiger partial charge in [-0.15, -0.1) is 0 Å². The minimum absolute atomic E-state index is 0.0994. The van der Waals surface area contributed by atoms with Gasteiger partial charge in [-0.2, -0.15) is 0 Å². The van der Waals surface area contributed by atoms with Crippen molar-refractivity contribution in [2.45, 2.75) is 32.7 Å². The average Bonchev–Trinajstić information content (AvgIpc) is 2.27. The second-order valence-electron chi connectivity index (χ2n) is 4.15. The van der Waals surface area contributed by atoms with Gasteiger partial charge in [0.15, 0.2) is 0 Å². The summed E-state index contributed by atoms with van der Waals surface area (Å²) in [6.45, 7) is 3.51. The highest BCUT2D eigenvalue weighted by Gasteiger charge is 2.18. The fraction of sp³-hybridized carbons (Fsp3) is 0.385. The van der Waals surface area contributed by atoms with Gasteiger partial charge >= 0.3 is 5.97 Å². The summed E-state index contributed by atoms with van der Waals surface area (Å²) < 4.78 is 0. The van der Waals surface area contributed by atoms with Crippen LogP contribution in [0.4, 0.5) is 0 Å². The zero-order chi connectivity index (χ0) is 13.7. The number of hydrogen-bond donors (Lipinski definition) is 3. The van der Waals surface area contributed by atoms with Crippen LogP contribution in [0.3, 0.4) is 0 Å². The van der Waals surface area contributed by atoms with Gasteiger partial charge in [0.25, 0.3) is 5.91 Å². The van der Waals surface area contributed by atoms with E-state index >= 15 is 0 Å². The lowest BCUT2D eigenvalue weighted by Gasteiger charge is -2.16. The van der Waals surface area contributed by atoms with Crippen LogP contribution in [0.1, 0.15) is 35.7 Å². The van der Waals surface area contributed by atoms with Gasteiger partial charge in [0.2, 0.25) is 0 Å². The van der Waals surface area contributed by atoms with Crippen LogP contribution >= 0.6 is 0 Å². The third kappa shape index (κ3) is 3.48. The summed E-state index contributed by atoms with van der Waals surface area (Å²) in [7, 11) is 0. The number of carboxylic acid groups (broad SMARTS) is 1. The Morgan fingerprint density at radius 2 is 2.06 bits per heavy atom. The first-order valence-corrected chi connectivity index (χ1v) is 5.77. The molecule has 18 heavy (non-hydrogen) atoms. The summed E-state index contributed by atoms with van der Waals surface area (Å²) in [6.07, 6.45) is 0.388. The van der Waals surface area contributed by atoms with E-state index in [1.165, 1.54) is 6.07 Å². The molecule has 0 spiro atoms. The summed E-state index contributed by atoms with van der Waals surface area (Å²) in [4.78, 5) is 22.6. The number of hydrogen-bond acceptors (Lipinski definition) is 3. The molecule has 0 aliphatic heterocycles. The molecular weight excluding hydrogens is 234 g/mol. The third-order valence-electron chi connectivity index (χ3n) is 2.73. The molecule has 1 atom stereocenters. The molecule has 0 saturated carbocycles. The molecular formula is C13H17NO4. The topological polar surface area (TPSA) is 86.6 Å². The second kappa shape index (κ2) is 6.05. The first-order chi connectivity index (χ1) is 8.45. The predicted octanol–water partition coefficient (Wildman–Crippen LogP) is 1.68. The van der Waals surface area contributed by atoms with Crippen molar-refractivity contribution in [2.75, 3.05) is 0 Å². The van der Waals surface area contributed by atoms with Gasteiger partial charge in [0, 0.05) is 6.04 Å². The smallest absolute Gasteiger partial charge is 0.305 e. The normalized spacial score (nSPS) is 11.9. The summed E-state index contributed by atoms with van der Waals surface area (Å²) in [5.74, 6) is -1.51. The molecule has 3 N–H and O–H groups in total. The number of benzene rings is 1. The number of aromatic hydroxyl groups is 1. The van der Waals surface area contributed by atoms with Crippen LogP contribution in [-0.4, -0.2) is 28.1 Å². The summed E-state index contributed by atoms with van der Waals surface area (Å²) >= 11 is 0. The van der Waals surface area contributed by atoms with Crippen molar-refractivity contribution in [2.24, 2.45) is 0 Å². The van der Waals surface area contributed by atoms with Crippen molar-refractivity contribution in [1.82, 2.24) is 5.32 Å². The predicted molar refractivity (Wildman–Crippen MR) is 66.6 cm³/mol. The lowest BCUT2D eigenvalue weighted by molar-refractivity contribution is -0.137. The molecule has 0 unspecified atom stereocenters. The maximum atomic E-state index is 12.0. The summed E-state index contributed by atoms with van der Waals surface area (Å²) in [5, 5.41) is 21.0. The molecule has 0 radical (unpaired) electrons. The Balaban J connectivity index is 2.84. The second-order valence-corrected chi connectivity index (χ2v) is 4.15. The van der Waals surface area contributed by atoms with Gasteiger partial charge in [-0.3, -0.25) is 9.59 Å². The maximum absolute atomic E-state index is 12.0. The van der Waals surface area contributed by atoms with Gasteiger partial charge in [-0.1, -0.05) is 19.1 Å². The Hall–Kier alpha value is -2.04. The Morgan fingerprint density at radius 1 is 1.39 bits per heavy atom. The third-order valence-corrected chi connectivity index (χ3v) is 2.73. The molecule has 0 saturated heterocycles. The molecule has 1 rings (SSSR count). The van der Waals surface area contributed by atoms with Crippen molar-refractivity contribution in [1.29, 1.82) is 0 Å². The minimum Gasteiger partial charge on any atom is -0.507 e. The molecule has 0 fully saturated rings. The van der Waals surface area contributed by atoms with E-state index in [9.17, 15) is 14.7 Å². The number of rotatable bonds is 5. The quantitative estimate of drug-likeness (QED) is 0.743. The van der Waals surface area contributed by atoms with Gasteiger partial charge < -0.3 is 15.5 Å². The Morgan fingerprint density at radius 3 is 2.56 bits per heavy atom. The van der Waals surface area contributed by atoms with Crippen molar-refractivity contribution < 1.29 is 19.8 Å². The van der Waals surface area contributed by atoms with Crippen molar-refractivity contribution in [3.8, 4) is 5.75 Å². The van der Waals surface area contributed by atoms with Crippen LogP contribution in [0.15, 0.2) is 18.2 Å². The lowest BCUT2D eigenvalue weighted by atomic mass is 10.1.